The molecule has 2 nitrogen and oxygen atoms in total. The standard InChI is InChI=1S/C19H31NO/c1-3-5-14-20(15-6-4-2)16-18-21-17-10-13-19-11-8-7-9-12-19/h7-13H,3-6,14-18H2,1-2H3/b13-10+. The highest BCUT2D eigenvalue weighted by atomic mass is 16.5. The molecule has 0 N–H and O–H groups in total. The van der Waals surface area contributed by atoms with Crippen LogP contribution in [0.25, 0.3) is 6.08 Å². The summed E-state index contributed by atoms with van der Waals surface area (Å²) in [5, 5.41) is 0. The minimum Gasteiger partial charge on any atom is -0.376 e. The van der Waals surface area contributed by atoms with Crippen molar-refractivity contribution in [2.75, 3.05) is 32.8 Å². The quantitative estimate of drug-likeness (QED) is 0.521. The van der Waals surface area contributed by atoms with Crippen LogP contribution in [0.4, 0.5) is 0 Å². The third-order valence-corrected chi connectivity index (χ3v) is 3.53. The summed E-state index contributed by atoms with van der Waals surface area (Å²) in [4.78, 5) is 2.54. The van der Waals surface area contributed by atoms with Gasteiger partial charge in [-0.05, 0) is 31.5 Å². The first-order chi connectivity index (χ1) is 10.4. The van der Waals surface area contributed by atoms with E-state index in [0.717, 1.165) is 13.2 Å². The third-order valence-electron chi connectivity index (χ3n) is 3.53. The van der Waals surface area contributed by atoms with Gasteiger partial charge in [-0.3, -0.25) is 0 Å². The summed E-state index contributed by atoms with van der Waals surface area (Å²) in [5.41, 5.74) is 1.23. The molecule has 0 aliphatic heterocycles. The fourth-order valence-corrected chi connectivity index (χ4v) is 2.19. The minimum absolute atomic E-state index is 0.699. The van der Waals surface area contributed by atoms with E-state index >= 15 is 0 Å². The molecule has 0 unspecified atom stereocenters. The molecule has 0 heterocycles. The molecule has 0 aliphatic carbocycles. The van der Waals surface area contributed by atoms with E-state index in [2.05, 4.69) is 55.2 Å². The molecule has 0 amide bonds. The summed E-state index contributed by atoms with van der Waals surface area (Å²) in [6, 6.07) is 10.4. The molecule has 2 heteroatoms. The molecule has 0 saturated heterocycles. The van der Waals surface area contributed by atoms with Crippen LogP contribution >= 0.6 is 0 Å². The predicted molar refractivity (Wildman–Crippen MR) is 92.6 cm³/mol. The molecule has 0 bridgehead atoms. The van der Waals surface area contributed by atoms with E-state index < -0.39 is 0 Å². The van der Waals surface area contributed by atoms with Crippen molar-refractivity contribution in [2.24, 2.45) is 0 Å². The van der Waals surface area contributed by atoms with Crippen LogP contribution < -0.4 is 0 Å². The number of rotatable bonds is 12. The van der Waals surface area contributed by atoms with Crippen LogP contribution in [0.3, 0.4) is 0 Å². The Hall–Kier alpha value is -1.12. The van der Waals surface area contributed by atoms with Gasteiger partial charge in [0.15, 0.2) is 0 Å². The van der Waals surface area contributed by atoms with Crippen molar-refractivity contribution in [3.63, 3.8) is 0 Å². The SMILES string of the molecule is CCCCN(CCCC)CCOC/C=C/c1ccccc1. The van der Waals surface area contributed by atoms with Crippen LogP contribution in [0, 0.1) is 0 Å². The van der Waals surface area contributed by atoms with Crippen LogP contribution in [-0.4, -0.2) is 37.7 Å². The highest BCUT2D eigenvalue weighted by Gasteiger charge is 2.02. The Labute approximate surface area is 130 Å². The zero-order chi connectivity index (χ0) is 15.2. The van der Waals surface area contributed by atoms with Gasteiger partial charge >= 0.3 is 0 Å². The van der Waals surface area contributed by atoms with Crippen molar-refractivity contribution in [1.82, 2.24) is 4.90 Å². The number of benzene rings is 1. The summed E-state index contributed by atoms with van der Waals surface area (Å²) in [6.45, 7) is 9.50. The van der Waals surface area contributed by atoms with Crippen molar-refractivity contribution < 1.29 is 4.74 Å². The lowest BCUT2D eigenvalue weighted by atomic mass is 10.2. The minimum atomic E-state index is 0.699. The smallest absolute Gasteiger partial charge is 0.0651 e. The molecule has 118 valence electrons. The number of hydrogen-bond donors (Lipinski definition) is 0. The highest BCUT2D eigenvalue weighted by molar-refractivity contribution is 5.48. The molecule has 0 saturated carbocycles. The summed E-state index contributed by atoms with van der Waals surface area (Å²) in [5.74, 6) is 0. The highest BCUT2D eigenvalue weighted by Crippen LogP contribution is 2.01. The van der Waals surface area contributed by atoms with Gasteiger partial charge in [-0.1, -0.05) is 69.2 Å². The molecule has 0 aliphatic rings. The van der Waals surface area contributed by atoms with E-state index in [1.807, 2.05) is 6.07 Å². The Kier molecular flexibility index (Phi) is 10.8. The maximum Gasteiger partial charge on any atom is 0.0651 e. The first-order valence-electron chi connectivity index (χ1n) is 8.38. The van der Waals surface area contributed by atoms with Gasteiger partial charge in [0.25, 0.3) is 0 Å². The van der Waals surface area contributed by atoms with Gasteiger partial charge in [-0.15, -0.1) is 0 Å². The van der Waals surface area contributed by atoms with Gasteiger partial charge in [0.2, 0.25) is 0 Å². The molecular weight excluding hydrogens is 258 g/mol. The van der Waals surface area contributed by atoms with Gasteiger partial charge in [0.05, 0.1) is 13.2 Å². The van der Waals surface area contributed by atoms with Crippen LogP contribution in [-0.2, 0) is 4.74 Å². The largest absolute Gasteiger partial charge is 0.376 e. The monoisotopic (exact) mass is 289 g/mol. The summed E-state index contributed by atoms with van der Waals surface area (Å²) in [7, 11) is 0. The second kappa shape index (κ2) is 12.6. The first-order valence-corrected chi connectivity index (χ1v) is 8.38. The molecule has 1 aromatic carbocycles. The number of unbranched alkanes of at least 4 members (excludes halogenated alkanes) is 2. The average Bonchev–Trinajstić information content (AvgIpc) is 2.53. The summed E-state index contributed by atoms with van der Waals surface area (Å²) >= 11 is 0. The fraction of sp³-hybridized carbons (Fsp3) is 0.579. The maximum atomic E-state index is 5.72. The van der Waals surface area contributed by atoms with E-state index in [9.17, 15) is 0 Å². The van der Waals surface area contributed by atoms with Gasteiger partial charge in [0.1, 0.15) is 0 Å². The second-order valence-corrected chi connectivity index (χ2v) is 5.44. The van der Waals surface area contributed by atoms with Crippen LogP contribution in [0.1, 0.15) is 45.1 Å². The Balaban J connectivity index is 2.13. The van der Waals surface area contributed by atoms with E-state index in [1.165, 1.54) is 44.3 Å². The lowest BCUT2D eigenvalue weighted by Crippen LogP contribution is -2.29. The fourth-order valence-electron chi connectivity index (χ4n) is 2.19. The molecule has 21 heavy (non-hydrogen) atoms. The third kappa shape index (κ3) is 9.43. The molecular formula is C19H31NO. The average molecular weight is 289 g/mol. The van der Waals surface area contributed by atoms with Crippen molar-refractivity contribution in [3.8, 4) is 0 Å². The lowest BCUT2D eigenvalue weighted by molar-refractivity contribution is 0.122. The summed E-state index contributed by atoms with van der Waals surface area (Å²) in [6.07, 6.45) is 9.32. The molecule has 1 rings (SSSR count). The number of hydrogen-bond acceptors (Lipinski definition) is 2. The Morgan fingerprint density at radius 3 is 2.24 bits per heavy atom. The summed E-state index contributed by atoms with van der Waals surface area (Å²) < 4.78 is 5.72. The van der Waals surface area contributed by atoms with E-state index in [0.29, 0.717) is 6.61 Å². The van der Waals surface area contributed by atoms with Crippen LogP contribution in [0.2, 0.25) is 0 Å². The topological polar surface area (TPSA) is 12.5 Å². The molecule has 0 spiro atoms. The molecule has 0 fully saturated rings. The van der Waals surface area contributed by atoms with Crippen LogP contribution in [0.15, 0.2) is 36.4 Å². The van der Waals surface area contributed by atoms with Crippen molar-refractivity contribution >= 4 is 6.08 Å². The normalized spacial score (nSPS) is 11.6. The Morgan fingerprint density at radius 2 is 1.62 bits per heavy atom. The van der Waals surface area contributed by atoms with Crippen molar-refractivity contribution in [3.05, 3.63) is 42.0 Å². The second-order valence-electron chi connectivity index (χ2n) is 5.44. The molecule has 0 radical (unpaired) electrons. The maximum absolute atomic E-state index is 5.72. The van der Waals surface area contributed by atoms with Gasteiger partial charge in [0, 0.05) is 6.54 Å². The number of nitrogens with zero attached hydrogens (tertiary/aromatic N) is 1. The van der Waals surface area contributed by atoms with E-state index in [4.69, 9.17) is 4.74 Å². The Bertz CT molecular complexity index is 353. The molecule has 0 atom stereocenters. The van der Waals surface area contributed by atoms with E-state index in [-0.39, 0.29) is 0 Å². The first kappa shape index (κ1) is 17.9. The van der Waals surface area contributed by atoms with E-state index in [1.54, 1.807) is 0 Å². The lowest BCUT2D eigenvalue weighted by Gasteiger charge is -2.21. The van der Waals surface area contributed by atoms with Gasteiger partial charge in [-0.2, -0.15) is 0 Å². The van der Waals surface area contributed by atoms with Crippen molar-refractivity contribution in [2.45, 2.75) is 39.5 Å². The van der Waals surface area contributed by atoms with Gasteiger partial charge in [-0.25, -0.2) is 0 Å². The molecule has 1 aromatic rings. The molecule has 0 aromatic heterocycles. The van der Waals surface area contributed by atoms with Gasteiger partial charge < -0.3 is 9.64 Å². The van der Waals surface area contributed by atoms with Crippen LogP contribution in [0.5, 0.6) is 0 Å². The zero-order valence-electron chi connectivity index (χ0n) is 13.8. The van der Waals surface area contributed by atoms with Crippen molar-refractivity contribution in [1.29, 1.82) is 0 Å². The zero-order valence-corrected chi connectivity index (χ0v) is 13.8. The number of ether oxygens (including phenoxy) is 1. The Morgan fingerprint density at radius 1 is 0.952 bits per heavy atom. The predicted octanol–water partition coefficient (Wildman–Crippen LogP) is 4.62.